The first-order valence-corrected chi connectivity index (χ1v) is 7.07. The number of halogens is 1. The Hall–Kier alpha value is -1.62. The second-order valence-electron chi connectivity index (χ2n) is 4.19. The summed E-state index contributed by atoms with van der Waals surface area (Å²) in [5.41, 5.74) is 1.09. The Morgan fingerprint density at radius 3 is 2.68 bits per heavy atom. The third-order valence-electron chi connectivity index (χ3n) is 2.72. The number of para-hydroxylation sites is 1. The highest BCUT2D eigenvalue weighted by molar-refractivity contribution is 9.10. The van der Waals surface area contributed by atoms with Gasteiger partial charge >= 0.3 is 0 Å². The van der Waals surface area contributed by atoms with Crippen molar-refractivity contribution < 1.29 is 0 Å². The first kappa shape index (κ1) is 13.8. The Morgan fingerprint density at radius 2 is 2.00 bits per heavy atom. The molecular weight excluding hydrogens is 304 g/mol. The van der Waals surface area contributed by atoms with Gasteiger partial charge in [0.15, 0.2) is 5.82 Å². The molecule has 0 saturated carbocycles. The molecule has 2 aromatic rings. The van der Waals surface area contributed by atoms with Gasteiger partial charge in [-0.15, -0.1) is 0 Å². The molecule has 0 spiro atoms. The molecule has 0 atom stereocenters. The SMILES string of the molecule is CCCNc1ncc(Br)c(N(C)c2ccccc2)n1. The minimum absolute atomic E-state index is 0.655. The van der Waals surface area contributed by atoms with Crippen LogP contribution < -0.4 is 10.2 Å². The Bertz CT molecular complexity index is 530. The van der Waals surface area contributed by atoms with E-state index in [2.05, 4.69) is 38.1 Å². The lowest BCUT2D eigenvalue weighted by atomic mass is 10.3. The normalized spacial score (nSPS) is 10.3. The number of benzene rings is 1. The molecular formula is C14H17BrN4. The maximum atomic E-state index is 4.54. The summed E-state index contributed by atoms with van der Waals surface area (Å²) in [6, 6.07) is 10.1. The van der Waals surface area contributed by atoms with Crippen LogP contribution in [0, 0.1) is 0 Å². The number of nitrogens with zero attached hydrogens (tertiary/aromatic N) is 3. The van der Waals surface area contributed by atoms with Crippen molar-refractivity contribution >= 4 is 33.4 Å². The van der Waals surface area contributed by atoms with Crippen molar-refractivity contribution in [2.24, 2.45) is 0 Å². The summed E-state index contributed by atoms with van der Waals surface area (Å²) < 4.78 is 0.876. The second kappa shape index (κ2) is 6.52. The Labute approximate surface area is 122 Å². The van der Waals surface area contributed by atoms with Crippen LogP contribution in [0.5, 0.6) is 0 Å². The fourth-order valence-electron chi connectivity index (χ4n) is 1.69. The van der Waals surface area contributed by atoms with Crippen LogP contribution in [0.1, 0.15) is 13.3 Å². The fourth-order valence-corrected chi connectivity index (χ4v) is 2.15. The van der Waals surface area contributed by atoms with Gasteiger partial charge in [-0.25, -0.2) is 4.98 Å². The van der Waals surface area contributed by atoms with Gasteiger partial charge in [0.05, 0.1) is 4.47 Å². The van der Waals surface area contributed by atoms with Crippen LogP contribution in [0.25, 0.3) is 0 Å². The molecule has 0 unspecified atom stereocenters. The largest absolute Gasteiger partial charge is 0.354 e. The van der Waals surface area contributed by atoms with E-state index in [-0.39, 0.29) is 0 Å². The summed E-state index contributed by atoms with van der Waals surface area (Å²) >= 11 is 3.50. The number of anilines is 3. The predicted molar refractivity (Wildman–Crippen MR) is 83.0 cm³/mol. The van der Waals surface area contributed by atoms with Crippen molar-refractivity contribution in [3.8, 4) is 0 Å². The van der Waals surface area contributed by atoms with Crippen molar-refractivity contribution in [2.75, 3.05) is 23.8 Å². The van der Waals surface area contributed by atoms with Gasteiger partial charge in [-0.1, -0.05) is 25.1 Å². The van der Waals surface area contributed by atoms with Gasteiger partial charge in [-0.05, 0) is 34.5 Å². The molecule has 0 fully saturated rings. The molecule has 4 nitrogen and oxygen atoms in total. The number of rotatable bonds is 5. The summed E-state index contributed by atoms with van der Waals surface area (Å²) in [4.78, 5) is 10.8. The summed E-state index contributed by atoms with van der Waals surface area (Å²) in [5.74, 6) is 1.50. The zero-order valence-electron chi connectivity index (χ0n) is 11.1. The predicted octanol–water partition coefficient (Wildman–Crippen LogP) is 3.83. The zero-order chi connectivity index (χ0) is 13.7. The van der Waals surface area contributed by atoms with Gasteiger partial charge in [-0.3, -0.25) is 0 Å². The molecule has 19 heavy (non-hydrogen) atoms. The molecule has 100 valence electrons. The van der Waals surface area contributed by atoms with Gasteiger partial charge in [0.1, 0.15) is 0 Å². The molecule has 0 saturated heterocycles. The van der Waals surface area contributed by atoms with E-state index in [0.717, 1.165) is 28.9 Å². The van der Waals surface area contributed by atoms with Crippen molar-refractivity contribution in [1.29, 1.82) is 0 Å². The molecule has 0 aliphatic heterocycles. The van der Waals surface area contributed by atoms with E-state index in [9.17, 15) is 0 Å². The molecule has 0 amide bonds. The average Bonchev–Trinajstić information content (AvgIpc) is 2.46. The number of aromatic nitrogens is 2. The topological polar surface area (TPSA) is 41.1 Å². The van der Waals surface area contributed by atoms with E-state index in [1.807, 2.05) is 42.3 Å². The minimum atomic E-state index is 0.655. The lowest BCUT2D eigenvalue weighted by Gasteiger charge is -2.20. The monoisotopic (exact) mass is 320 g/mol. The number of hydrogen-bond donors (Lipinski definition) is 1. The highest BCUT2D eigenvalue weighted by atomic mass is 79.9. The quantitative estimate of drug-likeness (QED) is 0.909. The van der Waals surface area contributed by atoms with E-state index in [4.69, 9.17) is 0 Å². The van der Waals surface area contributed by atoms with E-state index in [0.29, 0.717) is 5.95 Å². The summed E-state index contributed by atoms with van der Waals surface area (Å²) in [6.45, 7) is 2.99. The highest BCUT2D eigenvalue weighted by Crippen LogP contribution is 2.28. The molecule has 1 N–H and O–H groups in total. The van der Waals surface area contributed by atoms with Gasteiger partial charge in [-0.2, -0.15) is 4.98 Å². The van der Waals surface area contributed by atoms with Crippen LogP contribution in [0.3, 0.4) is 0 Å². The van der Waals surface area contributed by atoms with Crippen LogP contribution in [-0.4, -0.2) is 23.6 Å². The van der Waals surface area contributed by atoms with E-state index < -0.39 is 0 Å². The molecule has 2 rings (SSSR count). The Morgan fingerprint density at radius 1 is 1.26 bits per heavy atom. The summed E-state index contributed by atoms with van der Waals surface area (Å²) in [6.07, 6.45) is 2.82. The molecule has 5 heteroatoms. The lowest BCUT2D eigenvalue weighted by molar-refractivity contribution is 0.946. The standard InChI is InChI=1S/C14H17BrN4/c1-3-9-16-14-17-10-12(15)13(18-14)19(2)11-7-5-4-6-8-11/h4-8,10H,3,9H2,1-2H3,(H,16,17,18). The van der Waals surface area contributed by atoms with Gasteiger partial charge in [0, 0.05) is 25.5 Å². The number of hydrogen-bond acceptors (Lipinski definition) is 4. The van der Waals surface area contributed by atoms with Crippen molar-refractivity contribution in [3.63, 3.8) is 0 Å². The zero-order valence-corrected chi connectivity index (χ0v) is 12.7. The fraction of sp³-hybridized carbons (Fsp3) is 0.286. The first-order valence-electron chi connectivity index (χ1n) is 6.27. The molecule has 1 aromatic heterocycles. The summed E-state index contributed by atoms with van der Waals surface area (Å²) in [7, 11) is 1.99. The van der Waals surface area contributed by atoms with E-state index in [1.165, 1.54) is 0 Å². The van der Waals surface area contributed by atoms with E-state index >= 15 is 0 Å². The van der Waals surface area contributed by atoms with Crippen molar-refractivity contribution in [3.05, 3.63) is 41.0 Å². The smallest absolute Gasteiger partial charge is 0.224 e. The maximum absolute atomic E-state index is 4.54. The molecule has 1 aromatic carbocycles. The van der Waals surface area contributed by atoms with Gasteiger partial charge in [0.25, 0.3) is 0 Å². The highest BCUT2D eigenvalue weighted by Gasteiger charge is 2.11. The third kappa shape index (κ3) is 3.44. The minimum Gasteiger partial charge on any atom is -0.354 e. The van der Waals surface area contributed by atoms with Crippen LogP contribution in [0.4, 0.5) is 17.5 Å². The van der Waals surface area contributed by atoms with E-state index in [1.54, 1.807) is 6.20 Å². The second-order valence-corrected chi connectivity index (χ2v) is 5.04. The van der Waals surface area contributed by atoms with Crippen molar-refractivity contribution in [2.45, 2.75) is 13.3 Å². The first-order chi connectivity index (χ1) is 9.22. The Kier molecular flexibility index (Phi) is 4.74. The summed E-state index contributed by atoms with van der Waals surface area (Å²) in [5, 5.41) is 3.20. The molecule has 1 heterocycles. The van der Waals surface area contributed by atoms with Crippen LogP contribution in [0.2, 0.25) is 0 Å². The van der Waals surface area contributed by atoms with Crippen LogP contribution in [0.15, 0.2) is 41.0 Å². The maximum Gasteiger partial charge on any atom is 0.224 e. The van der Waals surface area contributed by atoms with Gasteiger partial charge < -0.3 is 10.2 Å². The Balaban J connectivity index is 2.28. The number of nitrogens with one attached hydrogen (secondary N) is 1. The lowest BCUT2D eigenvalue weighted by Crippen LogP contribution is -2.14. The molecule has 0 radical (unpaired) electrons. The molecule has 0 bridgehead atoms. The molecule has 0 aliphatic rings. The average molecular weight is 321 g/mol. The van der Waals surface area contributed by atoms with Gasteiger partial charge in [0.2, 0.25) is 5.95 Å². The van der Waals surface area contributed by atoms with Crippen LogP contribution in [-0.2, 0) is 0 Å². The molecule has 0 aliphatic carbocycles. The van der Waals surface area contributed by atoms with Crippen molar-refractivity contribution in [1.82, 2.24) is 9.97 Å². The third-order valence-corrected chi connectivity index (χ3v) is 3.28. The van der Waals surface area contributed by atoms with Crippen LogP contribution >= 0.6 is 15.9 Å².